The molecule has 2 rings (SSSR count). The van der Waals surface area contributed by atoms with Gasteiger partial charge in [-0.05, 0) is 44.1 Å². The third kappa shape index (κ3) is 4.87. The van der Waals surface area contributed by atoms with Crippen LogP contribution in [0.4, 0.5) is 0 Å². The monoisotopic (exact) mass is 279 g/mol. The number of rotatable bonds is 4. The second-order valence-electron chi connectivity index (χ2n) is 5.58. The Morgan fingerprint density at radius 3 is 2.47 bits per heavy atom. The van der Waals surface area contributed by atoms with E-state index >= 15 is 0 Å². The lowest BCUT2D eigenvalue weighted by atomic mass is 9.89. The highest BCUT2D eigenvalue weighted by Gasteiger charge is 2.19. The first-order chi connectivity index (χ1) is 9.13. The molecule has 1 saturated carbocycles. The number of carbonyl (C=O) groups is 1. The fourth-order valence-corrected chi connectivity index (χ4v) is 2.79. The van der Waals surface area contributed by atoms with Gasteiger partial charge in [-0.1, -0.05) is 29.8 Å². The molecule has 1 fully saturated rings. The van der Waals surface area contributed by atoms with Gasteiger partial charge in [0, 0.05) is 11.9 Å². The largest absolute Gasteiger partial charge is 0.356 e. The number of nitrogens with one attached hydrogen (secondary N) is 1. The van der Waals surface area contributed by atoms with Crippen LogP contribution in [0.25, 0.3) is 0 Å². The minimum Gasteiger partial charge on any atom is -0.356 e. The Balaban J connectivity index is 1.71. The van der Waals surface area contributed by atoms with Crippen molar-refractivity contribution in [3.8, 4) is 0 Å². The number of hydrogen-bond acceptors (Lipinski definition) is 1. The molecular formula is C16H22ClNO. The highest BCUT2D eigenvalue weighted by Crippen LogP contribution is 2.26. The van der Waals surface area contributed by atoms with Crippen LogP contribution in [0.2, 0.25) is 0 Å². The first-order valence-electron chi connectivity index (χ1n) is 7.10. The number of benzene rings is 1. The van der Waals surface area contributed by atoms with Gasteiger partial charge in [0.15, 0.2) is 0 Å². The van der Waals surface area contributed by atoms with Crippen LogP contribution >= 0.6 is 11.6 Å². The molecule has 0 aromatic heterocycles. The number of hydrogen-bond donors (Lipinski definition) is 1. The van der Waals surface area contributed by atoms with Crippen LogP contribution in [0.3, 0.4) is 0 Å². The Kier molecular flexibility index (Phi) is 5.26. The smallest absolute Gasteiger partial charge is 0.224 e. The van der Waals surface area contributed by atoms with E-state index in [1.54, 1.807) is 0 Å². The van der Waals surface area contributed by atoms with Gasteiger partial charge in [-0.3, -0.25) is 4.79 Å². The Hall–Kier alpha value is -1.02. The lowest BCUT2D eigenvalue weighted by Crippen LogP contribution is -2.32. The Morgan fingerprint density at radius 1 is 1.21 bits per heavy atom. The molecule has 0 heterocycles. The fourth-order valence-electron chi connectivity index (χ4n) is 2.54. The van der Waals surface area contributed by atoms with E-state index in [1.165, 1.54) is 5.56 Å². The SMILES string of the molecule is Cc1ccc(CC(=O)NCC2CCC(Cl)CC2)cc1. The number of amides is 1. The van der Waals surface area contributed by atoms with Crippen LogP contribution in [-0.2, 0) is 11.2 Å². The quantitative estimate of drug-likeness (QED) is 0.841. The Bertz CT molecular complexity index is 407. The maximum Gasteiger partial charge on any atom is 0.224 e. The van der Waals surface area contributed by atoms with Gasteiger partial charge in [-0.2, -0.15) is 0 Å². The van der Waals surface area contributed by atoms with Crippen molar-refractivity contribution in [2.24, 2.45) is 5.92 Å². The predicted molar refractivity (Wildman–Crippen MR) is 79.5 cm³/mol. The van der Waals surface area contributed by atoms with Crippen molar-refractivity contribution in [2.45, 2.75) is 44.4 Å². The molecule has 0 bridgehead atoms. The molecule has 0 aliphatic heterocycles. The van der Waals surface area contributed by atoms with Gasteiger partial charge in [0.2, 0.25) is 5.91 Å². The lowest BCUT2D eigenvalue weighted by molar-refractivity contribution is -0.120. The molecule has 1 amide bonds. The molecule has 0 saturated heterocycles. The Morgan fingerprint density at radius 2 is 1.84 bits per heavy atom. The first kappa shape index (κ1) is 14.4. The molecule has 19 heavy (non-hydrogen) atoms. The summed E-state index contributed by atoms with van der Waals surface area (Å²) >= 11 is 6.08. The van der Waals surface area contributed by atoms with Crippen molar-refractivity contribution in [3.63, 3.8) is 0 Å². The van der Waals surface area contributed by atoms with Crippen molar-refractivity contribution < 1.29 is 4.79 Å². The molecule has 1 aliphatic carbocycles. The summed E-state index contributed by atoms with van der Waals surface area (Å²) in [4.78, 5) is 11.9. The third-order valence-electron chi connectivity index (χ3n) is 3.85. The molecule has 0 unspecified atom stereocenters. The highest BCUT2D eigenvalue weighted by atomic mass is 35.5. The maximum absolute atomic E-state index is 11.9. The van der Waals surface area contributed by atoms with Crippen molar-refractivity contribution in [1.29, 1.82) is 0 Å². The van der Waals surface area contributed by atoms with E-state index in [9.17, 15) is 4.79 Å². The van der Waals surface area contributed by atoms with Gasteiger partial charge in [-0.15, -0.1) is 11.6 Å². The van der Waals surface area contributed by atoms with Crippen molar-refractivity contribution in [2.75, 3.05) is 6.54 Å². The van der Waals surface area contributed by atoms with Crippen LogP contribution in [0.15, 0.2) is 24.3 Å². The zero-order valence-corrected chi connectivity index (χ0v) is 12.2. The topological polar surface area (TPSA) is 29.1 Å². The van der Waals surface area contributed by atoms with Crippen LogP contribution in [0.5, 0.6) is 0 Å². The molecule has 0 atom stereocenters. The van der Waals surface area contributed by atoms with Crippen LogP contribution in [0.1, 0.15) is 36.8 Å². The summed E-state index contributed by atoms with van der Waals surface area (Å²) in [6, 6.07) is 8.13. The minimum absolute atomic E-state index is 0.122. The van der Waals surface area contributed by atoms with Crippen molar-refractivity contribution >= 4 is 17.5 Å². The zero-order valence-electron chi connectivity index (χ0n) is 11.5. The molecule has 2 nitrogen and oxygen atoms in total. The van der Waals surface area contributed by atoms with E-state index in [2.05, 4.69) is 12.2 Å². The van der Waals surface area contributed by atoms with Gasteiger partial charge in [0.05, 0.1) is 6.42 Å². The van der Waals surface area contributed by atoms with Crippen LogP contribution in [-0.4, -0.2) is 17.8 Å². The molecule has 0 radical (unpaired) electrons. The summed E-state index contributed by atoms with van der Waals surface area (Å²) in [6.45, 7) is 2.85. The number of halogens is 1. The molecule has 1 aromatic carbocycles. The summed E-state index contributed by atoms with van der Waals surface area (Å²) in [7, 11) is 0. The maximum atomic E-state index is 11.9. The van der Waals surface area contributed by atoms with Crippen molar-refractivity contribution in [3.05, 3.63) is 35.4 Å². The third-order valence-corrected chi connectivity index (χ3v) is 4.29. The average Bonchev–Trinajstić information content (AvgIpc) is 2.41. The van der Waals surface area contributed by atoms with Gasteiger partial charge in [-0.25, -0.2) is 0 Å². The second-order valence-corrected chi connectivity index (χ2v) is 6.20. The second kappa shape index (κ2) is 6.95. The lowest BCUT2D eigenvalue weighted by Gasteiger charge is -2.25. The normalized spacial score (nSPS) is 23.1. The molecule has 1 aliphatic rings. The van der Waals surface area contributed by atoms with Crippen LogP contribution < -0.4 is 5.32 Å². The predicted octanol–water partition coefficient (Wildman–Crippen LogP) is 3.45. The van der Waals surface area contributed by atoms with E-state index in [0.29, 0.717) is 17.7 Å². The fraction of sp³-hybridized carbons (Fsp3) is 0.562. The number of aryl methyl sites for hydroxylation is 1. The van der Waals surface area contributed by atoms with E-state index in [4.69, 9.17) is 11.6 Å². The Labute approximate surface area is 120 Å². The standard InChI is InChI=1S/C16H22ClNO/c1-12-2-4-13(5-3-12)10-16(19)18-11-14-6-8-15(17)9-7-14/h2-5,14-15H,6-11H2,1H3,(H,18,19). The first-order valence-corrected chi connectivity index (χ1v) is 7.53. The van der Waals surface area contributed by atoms with Gasteiger partial charge >= 0.3 is 0 Å². The van der Waals surface area contributed by atoms with E-state index in [1.807, 2.05) is 24.3 Å². The molecule has 1 aromatic rings. The number of alkyl halides is 1. The van der Waals surface area contributed by atoms with Gasteiger partial charge in [0.1, 0.15) is 0 Å². The summed E-state index contributed by atoms with van der Waals surface area (Å²) in [6.07, 6.45) is 4.92. The minimum atomic E-state index is 0.122. The molecule has 1 N–H and O–H groups in total. The summed E-state index contributed by atoms with van der Waals surface area (Å²) < 4.78 is 0. The van der Waals surface area contributed by atoms with E-state index in [0.717, 1.165) is 37.8 Å². The summed E-state index contributed by atoms with van der Waals surface area (Å²) in [5, 5.41) is 3.40. The van der Waals surface area contributed by atoms with E-state index < -0.39 is 0 Å². The molecule has 3 heteroatoms. The number of carbonyl (C=O) groups excluding carboxylic acids is 1. The van der Waals surface area contributed by atoms with E-state index in [-0.39, 0.29) is 5.91 Å². The molecule has 0 spiro atoms. The van der Waals surface area contributed by atoms with Gasteiger partial charge < -0.3 is 5.32 Å². The van der Waals surface area contributed by atoms with Gasteiger partial charge in [0.25, 0.3) is 0 Å². The molecule has 104 valence electrons. The summed E-state index contributed by atoms with van der Waals surface area (Å²) in [5.74, 6) is 0.730. The van der Waals surface area contributed by atoms with Crippen LogP contribution in [0, 0.1) is 12.8 Å². The average molecular weight is 280 g/mol. The van der Waals surface area contributed by atoms with Crippen molar-refractivity contribution in [1.82, 2.24) is 5.32 Å². The summed E-state index contributed by atoms with van der Waals surface area (Å²) in [5.41, 5.74) is 2.30. The highest BCUT2D eigenvalue weighted by molar-refractivity contribution is 6.20. The zero-order chi connectivity index (χ0) is 13.7. The molecular weight excluding hydrogens is 258 g/mol.